The van der Waals surface area contributed by atoms with E-state index in [9.17, 15) is 10.1 Å². The number of carbonyl (C=O) groups is 1. The van der Waals surface area contributed by atoms with Crippen LogP contribution in [0.25, 0.3) is 0 Å². The fraction of sp³-hybridized carbons (Fsp3) is 0.200. The van der Waals surface area contributed by atoms with E-state index in [1.54, 1.807) is 18.2 Å². The van der Waals surface area contributed by atoms with Crippen molar-refractivity contribution in [3.63, 3.8) is 0 Å². The number of amides is 1. The summed E-state index contributed by atoms with van der Waals surface area (Å²) >= 11 is 12.1. The summed E-state index contributed by atoms with van der Waals surface area (Å²) in [6.07, 6.45) is 4.56. The van der Waals surface area contributed by atoms with Crippen LogP contribution in [0.4, 0.5) is 11.4 Å². The first kappa shape index (κ1) is 19.8. The van der Waals surface area contributed by atoms with E-state index in [0.29, 0.717) is 21.4 Å². The number of hydrogen-bond acceptors (Lipinski definition) is 3. The number of nitrogens with zero attached hydrogens (tertiary/aromatic N) is 1. The zero-order chi connectivity index (χ0) is 18.9. The summed E-state index contributed by atoms with van der Waals surface area (Å²) in [4.78, 5) is 12.3. The molecule has 4 nitrogen and oxygen atoms in total. The smallest absolute Gasteiger partial charge is 0.267 e. The van der Waals surface area contributed by atoms with Gasteiger partial charge in [-0.15, -0.1) is 0 Å². The van der Waals surface area contributed by atoms with Gasteiger partial charge in [0.05, 0.1) is 15.7 Å². The Morgan fingerprint density at radius 3 is 2.38 bits per heavy atom. The van der Waals surface area contributed by atoms with Crippen LogP contribution in [-0.2, 0) is 11.2 Å². The van der Waals surface area contributed by atoms with Crippen LogP contribution in [-0.4, -0.2) is 5.91 Å². The van der Waals surface area contributed by atoms with Gasteiger partial charge in [0.15, 0.2) is 0 Å². The Hall–Kier alpha value is -2.48. The molecule has 0 radical (unpaired) electrons. The summed E-state index contributed by atoms with van der Waals surface area (Å²) in [5.41, 5.74) is 2.20. The zero-order valence-corrected chi connectivity index (χ0v) is 15.9. The summed E-state index contributed by atoms with van der Waals surface area (Å²) in [5.74, 6) is -0.510. The van der Waals surface area contributed by atoms with Gasteiger partial charge in [-0.25, -0.2) is 0 Å². The van der Waals surface area contributed by atoms with E-state index >= 15 is 0 Å². The second kappa shape index (κ2) is 9.86. The SMILES string of the molecule is CCCCc1ccc(NC(=O)/C(C#N)=C\Nc2c(Cl)cccc2Cl)cc1. The molecule has 1 amide bonds. The third kappa shape index (κ3) is 5.52. The van der Waals surface area contributed by atoms with Crippen LogP contribution in [0, 0.1) is 11.3 Å². The van der Waals surface area contributed by atoms with E-state index < -0.39 is 5.91 Å². The molecule has 0 aliphatic heterocycles. The molecule has 134 valence electrons. The largest absolute Gasteiger partial charge is 0.358 e. The van der Waals surface area contributed by atoms with Gasteiger partial charge in [0.2, 0.25) is 0 Å². The molecule has 0 aromatic heterocycles. The van der Waals surface area contributed by atoms with Crippen molar-refractivity contribution in [2.75, 3.05) is 10.6 Å². The van der Waals surface area contributed by atoms with E-state index in [-0.39, 0.29) is 5.57 Å². The summed E-state index contributed by atoms with van der Waals surface area (Å²) in [6, 6.07) is 14.5. The first-order valence-corrected chi connectivity index (χ1v) is 9.02. The van der Waals surface area contributed by atoms with Crippen LogP contribution in [0.2, 0.25) is 10.0 Å². The molecule has 0 saturated heterocycles. The number of carbonyl (C=O) groups excluding carboxylic acids is 1. The van der Waals surface area contributed by atoms with Crippen LogP contribution in [0.15, 0.2) is 54.2 Å². The third-order valence-corrected chi connectivity index (χ3v) is 4.35. The Morgan fingerprint density at radius 1 is 1.15 bits per heavy atom. The number of unbranched alkanes of at least 4 members (excludes halogenated alkanes) is 1. The minimum atomic E-state index is -0.510. The monoisotopic (exact) mass is 387 g/mol. The molecule has 2 aromatic carbocycles. The highest BCUT2D eigenvalue weighted by atomic mass is 35.5. The van der Waals surface area contributed by atoms with E-state index in [1.807, 2.05) is 30.3 Å². The molecule has 0 aliphatic rings. The number of halogens is 2. The van der Waals surface area contributed by atoms with Crippen LogP contribution in [0.1, 0.15) is 25.3 Å². The Balaban J connectivity index is 2.05. The quantitative estimate of drug-likeness (QED) is 0.466. The summed E-state index contributed by atoms with van der Waals surface area (Å²) < 4.78 is 0. The van der Waals surface area contributed by atoms with Crippen LogP contribution in [0.3, 0.4) is 0 Å². The number of rotatable bonds is 7. The highest BCUT2D eigenvalue weighted by Gasteiger charge is 2.11. The first-order valence-electron chi connectivity index (χ1n) is 8.26. The maximum atomic E-state index is 12.3. The van der Waals surface area contributed by atoms with Gasteiger partial charge < -0.3 is 10.6 Å². The lowest BCUT2D eigenvalue weighted by atomic mass is 10.1. The predicted octanol–water partition coefficient (Wildman–Crippen LogP) is 5.79. The molecule has 2 N–H and O–H groups in total. The molecule has 0 heterocycles. The molecule has 6 heteroatoms. The van der Waals surface area contributed by atoms with Crippen molar-refractivity contribution in [1.29, 1.82) is 5.26 Å². The molecular weight excluding hydrogens is 369 g/mol. The van der Waals surface area contributed by atoms with E-state index in [4.69, 9.17) is 23.2 Å². The van der Waals surface area contributed by atoms with Gasteiger partial charge in [-0.1, -0.05) is 54.7 Å². The van der Waals surface area contributed by atoms with Gasteiger partial charge in [-0.05, 0) is 42.7 Å². The minimum Gasteiger partial charge on any atom is -0.358 e. The second-order valence-corrected chi connectivity index (χ2v) is 6.48. The molecular formula is C20H19Cl2N3O. The Kier molecular flexibility index (Phi) is 7.53. The van der Waals surface area contributed by atoms with Gasteiger partial charge in [-0.3, -0.25) is 4.79 Å². The third-order valence-electron chi connectivity index (χ3n) is 3.72. The van der Waals surface area contributed by atoms with Crippen molar-refractivity contribution in [3.8, 4) is 6.07 Å². The maximum Gasteiger partial charge on any atom is 0.267 e. The number of nitriles is 1. The maximum absolute atomic E-state index is 12.3. The number of para-hydroxylation sites is 1. The fourth-order valence-electron chi connectivity index (χ4n) is 2.26. The van der Waals surface area contributed by atoms with E-state index in [1.165, 1.54) is 11.8 Å². The van der Waals surface area contributed by atoms with Gasteiger partial charge in [-0.2, -0.15) is 5.26 Å². The zero-order valence-electron chi connectivity index (χ0n) is 14.4. The lowest BCUT2D eigenvalue weighted by molar-refractivity contribution is -0.112. The van der Waals surface area contributed by atoms with Gasteiger partial charge >= 0.3 is 0 Å². The Labute approximate surface area is 163 Å². The van der Waals surface area contributed by atoms with Crippen LogP contribution >= 0.6 is 23.2 Å². The van der Waals surface area contributed by atoms with Crippen molar-refractivity contribution in [1.82, 2.24) is 0 Å². The summed E-state index contributed by atoms with van der Waals surface area (Å²) in [7, 11) is 0. The molecule has 26 heavy (non-hydrogen) atoms. The molecule has 0 aliphatic carbocycles. The Morgan fingerprint density at radius 2 is 1.81 bits per heavy atom. The molecule has 0 bridgehead atoms. The lowest BCUT2D eigenvalue weighted by Gasteiger charge is -2.08. The Bertz CT molecular complexity index is 819. The van der Waals surface area contributed by atoms with Crippen molar-refractivity contribution in [3.05, 3.63) is 69.8 Å². The minimum absolute atomic E-state index is 0.0870. The molecule has 0 atom stereocenters. The topological polar surface area (TPSA) is 64.9 Å². The number of nitrogens with one attached hydrogen (secondary N) is 2. The average Bonchev–Trinajstić information content (AvgIpc) is 2.63. The number of aryl methyl sites for hydroxylation is 1. The van der Waals surface area contributed by atoms with Crippen LogP contribution < -0.4 is 10.6 Å². The van der Waals surface area contributed by atoms with E-state index in [2.05, 4.69) is 17.6 Å². The van der Waals surface area contributed by atoms with Gasteiger partial charge in [0.25, 0.3) is 5.91 Å². The van der Waals surface area contributed by atoms with Gasteiger partial charge in [0.1, 0.15) is 11.6 Å². The fourth-order valence-corrected chi connectivity index (χ4v) is 2.77. The number of benzene rings is 2. The molecule has 2 aromatic rings. The normalized spacial score (nSPS) is 10.9. The molecule has 0 unspecified atom stereocenters. The van der Waals surface area contributed by atoms with Crippen molar-refractivity contribution in [2.24, 2.45) is 0 Å². The first-order chi connectivity index (χ1) is 12.5. The van der Waals surface area contributed by atoms with Crippen molar-refractivity contribution in [2.45, 2.75) is 26.2 Å². The van der Waals surface area contributed by atoms with Gasteiger partial charge in [0, 0.05) is 11.9 Å². The molecule has 0 saturated carbocycles. The summed E-state index contributed by atoms with van der Waals surface area (Å²) in [6.45, 7) is 2.15. The standard InChI is InChI=1S/C20H19Cl2N3O/c1-2-3-5-14-8-10-16(11-9-14)25-20(26)15(12-23)13-24-19-17(21)6-4-7-18(19)22/h4,6-11,13,24H,2-3,5H2,1H3,(H,25,26)/b15-13-. The molecule has 0 spiro atoms. The van der Waals surface area contributed by atoms with Crippen molar-refractivity contribution < 1.29 is 4.79 Å². The highest BCUT2D eigenvalue weighted by Crippen LogP contribution is 2.29. The molecule has 2 rings (SSSR count). The van der Waals surface area contributed by atoms with Crippen molar-refractivity contribution >= 4 is 40.5 Å². The average molecular weight is 388 g/mol. The predicted molar refractivity (Wildman–Crippen MR) is 107 cm³/mol. The summed E-state index contributed by atoms with van der Waals surface area (Å²) in [5, 5.41) is 15.6. The molecule has 0 fully saturated rings. The van der Waals surface area contributed by atoms with E-state index in [0.717, 1.165) is 19.3 Å². The number of anilines is 2. The highest BCUT2D eigenvalue weighted by molar-refractivity contribution is 6.39. The number of hydrogen-bond donors (Lipinski definition) is 2. The van der Waals surface area contributed by atoms with Crippen LogP contribution in [0.5, 0.6) is 0 Å². The second-order valence-electron chi connectivity index (χ2n) is 5.67. The lowest BCUT2D eigenvalue weighted by Crippen LogP contribution is -2.14.